The third-order valence-electron chi connectivity index (χ3n) is 12.3. The Labute approximate surface area is 405 Å². The molecule has 1 fully saturated rings. The first-order chi connectivity index (χ1) is 32.3. The van der Waals surface area contributed by atoms with Gasteiger partial charge in [-0.25, -0.2) is 4.57 Å². The summed E-state index contributed by atoms with van der Waals surface area (Å²) in [5.41, 5.74) is 0. The number of carbonyl (C=O) groups is 1. The van der Waals surface area contributed by atoms with E-state index in [1.807, 2.05) is 6.08 Å². The fraction of sp³-hybridized carbons (Fsp3) is 0.792. The molecule has 1 saturated carbocycles. The van der Waals surface area contributed by atoms with Crippen LogP contribution in [0.5, 0.6) is 0 Å². The van der Waals surface area contributed by atoms with Crippen LogP contribution in [0.4, 0.5) is 0 Å². The minimum Gasteiger partial charge on any atom is -0.393 e. The van der Waals surface area contributed by atoms with Crippen LogP contribution in [0.25, 0.3) is 0 Å². The molecule has 0 bridgehead atoms. The van der Waals surface area contributed by atoms with Crippen molar-refractivity contribution in [1.82, 2.24) is 5.32 Å². The van der Waals surface area contributed by atoms with Gasteiger partial charge in [0.2, 0.25) is 5.91 Å². The molecule has 14 heteroatoms. The molecule has 0 heterocycles. The van der Waals surface area contributed by atoms with Crippen LogP contribution in [0.2, 0.25) is 0 Å². The molecule has 0 aromatic rings. The highest BCUT2D eigenvalue weighted by atomic mass is 31.2. The fourth-order valence-corrected chi connectivity index (χ4v) is 9.04. The van der Waals surface area contributed by atoms with Crippen LogP contribution in [0.3, 0.4) is 0 Å². The summed E-state index contributed by atoms with van der Waals surface area (Å²) in [6.45, 7) is 3.60. The van der Waals surface area contributed by atoms with Crippen molar-refractivity contribution in [3.8, 4) is 0 Å². The number of aliphatic hydroxyl groups is 7. The Morgan fingerprint density at radius 3 is 1.46 bits per heavy atom. The maximum absolute atomic E-state index is 13.0. The predicted molar refractivity (Wildman–Crippen MR) is 270 cm³/mol. The highest BCUT2D eigenvalue weighted by Crippen LogP contribution is 2.47. The molecule has 8 atom stereocenters. The van der Waals surface area contributed by atoms with Crippen LogP contribution in [-0.2, 0) is 18.4 Å². The fourth-order valence-electron chi connectivity index (χ4n) is 8.08. The molecule has 0 spiro atoms. The zero-order valence-corrected chi connectivity index (χ0v) is 42.4. The van der Waals surface area contributed by atoms with Crippen LogP contribution in [-0.4, -0.2) is 108 Å². The summed E-state index contributed by atoms with van der Waals surface area (Å²) in [4.78, 5) is 23.4. The molecule has 0 aromatic carbocycles. The minimum atomic E-state index is -5.15. The molecule has 1 rings (SSSR count). The van der Waals surface area contributed by atoms with Crippen LogP contribution in [0, 0.1) is 0 Å². The first-order valence-electron chi connectivity index (χ1n) is 26.3. The SMILES string of the molecule is CC/C=C/CC/C=C/CC/C=C/C(O)C(COP(=O)(O)OC1C(O)C(O)C(O)C(O)C1O)NC(=O)CC(O)CCCCCCCCCCCCC/C=C\C/C=C\CCCCCCCCCCC. The molecular formula is C53H96NO12P. The molecule has 0 aromatic heterocycles. The van der Waals surface area contributed by atoms with E-state index >= 15 is 0 Å². The Bertz CT molecular complexity index is 1380. The lowest BCUT2D eigenvalue weighted by molar-refractivity contribution is -0.220. The minimum absolute atomic E-state index is 0.260. The normalized spacial score (nSPS) is 22.7. The Morgan fingerprint density at radius 1 is 0.552 bits per heavy atom. The van der Waals surface area contributed by atoms with Gasteiger partial charge in [-0.3, -0.25) is 13.8 Å². The summed E-state index contributed by atoms with van der Waals surface area (Å²) < 4.78 is 22.8. The number of allylic oxidation sites excluding steroid dienone is 9. The van der Waals surface area contributed by atoms with Gasteiger partial charge in [-0.15, -0.1) is 0 Å². The number of unbranched alkanes of at least 4 members (excludes halogenated alkanes) is 22. The van der Waals surface area contributed by atoms with Gasteiger partial charge in [0.25, 0.3) is 0 Å². The molecule has 1 aliphatic carbocycles. The van der Waals surface area contributed by atoms with E-state index in [1.54, 1.807) is 6.08 Å². The maximum Gasteiger partial charge on any atom is 0.472 e. The van der Waals surface area contributed by atoms with Gasteiger partial charge in [-0.1, -0.05) is 190 Å². The Kier molecular flexibility index (Phi) is 39.3. The van der Waals surface area contributed by atoms with E-state index < -0.39 is 75.2 Å². The lowest BCUT2D eigenvalue weighted by atomic mass is 9.85. The van der Waals surface area contributed by atoms with Crippen LogP contribution in [0.1, 0.15) is 206 Å². The Morgan fingerprint density at radius 2 is 0.970 bits per heavy atom. The van der Waals surface area contributed by atoms with E-state index in [-0.39, 0.29) is 6.42 Å². The van der Waals surface area contributed by atoms with E-state index in [4.69, 9.17) is 9.05 Å². The summed E-state index contributed by atoms with van der Waals surface area (Å²) in [6, 6.07) is -1.26. The summed E-state index contributed by atoms with van der Waals surface area (Å²) in [6.07, 6.45) is 39.2. The predicted octanol–water partition coefficient (Wildman–Crippen LogP) is 10.0. The van der Waals surface area contributed by atoms with Gasteiger partial charge in [0, 0.05) is 0 Å². The first-order valence-corrected chi connectivity index (χ1v) is 27.8. The zero-order valence-electron chi connectivity index (χ0n) is 41.5. The Hall–Kier alpha value is -2.00. The van der Waals surface area contributed by atoms with Gasteiger partial charge in [0.05, 0.1) is 31.3 Å². The molecule has 390 valence electrons. The molecular weight excluding hydrogens is 874 g/mol. The number of phosphoric acid groups is 1. The average Bonchev–Trinajstić information content (AvgIpc) is 3.30. The summed E-state index contributed by atoms with van der Waals surface area (Å²) >= 11 is 0. The van der Waals surface area contributed by atoms with E-state index in [9.17, 15) is 50.0 Å². The van der Waals surface area contributed by atoms with Gasteiger partial charge in [-0.05, 0) is 70.6 Å². The van der Waals surface area contributed by atoms with Crippen molar-refractivity contribution in [2.24, 2.45) is 0 Å². The average molecular weight is 970 g/mol. The van der Waals surface area contributed by atoms with Crippen molar-refractivity contribution in [2.75, 3.05) is 6.61 Å². The summed E-state index contributed by atoms with van der Waals surface area (Å²) in [5.74, 6) is -0.612. The van der Waals surface area contributed by atoms with Crippen LogP contribution < -0.4 is 5.32 Å². The first kappa shape index (κ1) is 63.0. The smallest absolute Gasteiger partial charge is 0.393 e. The second kappa shape index (κ2) is 41.8. The second-order valence-electron chi connectivity index (χ2n) is 18.5. The molecule has 0 saturated heterocycles. The number of phosphoric ester groups is 1. The molecule has 0 aliphatic heterocycles. The molecule has 0 radical (unpaired) electrons. The third kappa shape index (κ3) is 33.3. The van der Waals surface area contributed by atoms with Gasteiger partial charge in [0.1, 0.15) is 36.6 Å². The number of carbonyl (C=O) groups excluding carboxylic acids is 1. The van der Waals surface area contributed by atoms with Gasteiger partial charge in [-0.2, -0.15) is 0 Å². The zero-order chi connectivity index (χ0) is 49.4. The van der Waals surface area contributed by atoms with Crippen molar-refractivity contribution in [3.05, 3.63) is 60.8 Å². The lowest BCUT2D eigenvalue weighted by Gasteiger charge is -2.41. The maximum atomic E-state index is 13.0. The van der Waals surface area contributed by atoms with E-state index in [0.29, 0.717) is 19.3 Å². The largest absolute Gasteiger partial charge is 0.472 e. The standard InChI is InChI=1S/C53H96NO12P/c1-3-5-7-9-11-13-15-16-17-18-19-20-21-22-23-24-25-26-27-28-29-30-31-32-34-36-38-40-44(55)42-47(57)54-45(46(56)41-39-37-35-33-14-12-10-8-6-4-2)43-65-67(63,64)66-53-51(61)49(59)48(58)50(60)52(53)62/h6,8,14,19-20,22-23,33,39,41,44-46,48-53,55-56,58-62H,3-5,7,9-13,15-18,21,24-32,34-38,40,42-43H2,1-2H3,(H,54,57)(H,63,64)/b8-6+,20-19-,23-22-,33-14+,41-39+. The highest BCUT2D eigenvalue weighted by Gasteiger charge is 2.51. The van der Waals surface area contributed by atoms with Crippen LogP contribution >= 0.6 is 7.82 Å². The molecule has 8 unspecified atom stereocenters. The van der Waals surface area contributed by atoms with E-state index in [2.05, 4.69) is 61.7 Å². The summed E-state index contributed by atoms with van der Waals surface area (Å²) in [5, 5.41) is 74.4. The van der Waals surface area contributed by atoms with Crippen molar-refractivity contribution in [1.29, 1.82) is 0 Å². The van der Waals surface area contributed by atoms with Crippen molar-refractivity contribution >= 4 is 13.7 Å². The number of nitrogens with one attached hydrogen (secondary N) is 1. The molecule has 67 heavy (non-hydrogen) atoms. The van der Waals surface area contributed by atoms with Crippen molar-refractivity contribution in [2.45, 2.75) is 261 Å². The van der Waals surface area contributed by atoms with Gasteiger partial charge >= 0.3 is 7.82 Å². The topological polar surface area (TPSA) is 226 Å². The highest BCUT2D eigenvalue weighted by molar-refractivity contribution is 7.47. The number of rotatable bonds is 43. The molecule has 1 aliphatic rings. The Balaban J connectivity index is 2.33. The van der Waals surface area contributed by atoms with E-state index in [0.717, 1.165) is 51.4 Å². The number of hydrogen-bond donors (Lipinski definition) is 9. The van der Waals surface area contributed by atoms with E-state index in [1.165, 1.54) is 122 Å². The molecule has 13 nitrogen and oxygen atoms in total. The number of hydrogen-bond acceptors (Lipinski definition) is 11. The monoisotopic (exact) mass is 970 g/mol. The second-order valence-corrected chi connectivity index (χ2v) is 19.9. The third-order valence-corrected chi connectivity index (χ3v) is 13.3. The van der Waals surface area contributed by atoms with Crippen LogP contribution in [0.15, 0.2) is 60.8 Å². The summed E-state index contributed by atoms with van der Waals surface area (Å²) in [7, 11) is -5.15. The molecule has 1 amide bonds. The van der Waals surface area contributed by atoms with Gasteiger partial charge in [0.15, 0.2) is 0 Å². The van der Waals surface area contributed by atoms with Gasteiger partial charge < -0.3 is 46.0 Å². The van der Waals surface area contributed by atoms with Crippen molar-refractivity contribution < 1.29 is 59.0 Å². The molecule has 9 N–H and O–H groups in total. The quantitative estimate of drug-likeness (QED) is 0.0158. The number of amides is 1. The lowest BCUT2D eigenvalue weighted by Crippen LogP contribution is -2.64. The van der Waals surface area contributed by atoms with Crippen molar-refractivity contribution in [3.63, 3.8) is 0 Å². The number of aliphatic hydroxyl groups excluding tert-OH is 7.